The number of nitrogens with one attached hydrogen (secondary N) is 1. The van der Waals surface area contributed by atoms with Crippen LogP contribution in [0.5, 0.6) is 0 Å². The molecular formula is C58H107NO18. The average molecular weight is 1110 g/mol. The molecule has 3 aliphatic heterocycles. The summed E-state index contributed by atoms with van der Waals surface area (Å²) in [6.45, 7) is 1.70. The molecule has 19 heteroatoms. The lowest BCUT2D eigenvalue weighted by Gasteiger charge is -2.48. The Bertz CT molecular complexity index is 1510. The first kappa shape index (κ1) is 69.5. The van der Waals surface area contributed by atoms with Crippen molar-refractivity contribution in [1.29, 1.82) is 0 Å². The Labute approximate surface area is 460 Å². The van der Waals surface area contributed by atoms with E-state index < -0.39 is 124 Å². The van der Waals surface area contributed by atoms with Crippen molar-refractivity contribution in [3.8, 4) is 0 Å². The molecule has 3 aliphatic rings. The molecule has 0 bridgehead atoms. The van der Waals surface area contributed by atoms with Crippen LogP contribution in [0.4, 0.5) is 0 Å². The van der Waals surface area contributed by atoms with Crippen molar-refractivity contribution in [1.82, 2.24) is 5.32 Å². The van der Waals surface area contributed by atoms with Crippen LogP contribution in [0.2, 0.25) is 0 Å². The molecule has 3 saturated heterocycles. The molecule has 0 aromatic rings. The summed E-state index contributed by atoms with van der Waals surface area (Å²) >= 11 is 0. The van der Waals surface area contributed by atoms with Crippen LogP contribution in [0.3, 0.4) is 0 Å². The number of ether oxygens (including phenoxy) is 6. The standard InChI is InChI=1S/C58H107NO18/c1-3-5-7-9-11-13-15-16-17-18-19-20-21-22-23-24-26-28-30-32-34-36-46(64)59-41(42(63)35-33-31-29-27-25-14-12-10-8-6-4-2)40-72-56-52(70)49(67)54(44(38-61)74-56)77-58-53(71)50(68)55(45(39-62)75-58)76-57-51(69)48(66)47(65)43(37-60)73-57/h18-19,33,35,41-45,47-58,60-63,65-71H,3-17,20-32,34,36-40H2,1-2H3,(H,59,64)/b19-18-,35-33+. The molecule has 19 nitrogen and oxygen atoms in total. The maximum atomic E-state index is 13.3. The van der Waals surface area contributed by atoms with Gasteiger partial charge in [-0.15, -0.1) is 0 Å². The molecule has 1 amide bonds. The molecular weight excluding hydrogens is 999 g/mol. The van der Waals surface area contributed by atoms with Crippen LogP contribution in [0.25, 0.3) is 0 Å². The van der Waals surface area contributed by atoms with Crippen molar-refractivity contribution in [2.75, 3.05) is 26.4 Å². The van der Waals surface area contributed by atoms with Gasteiger partial charge in [0.15, 0.2) is 18.9 Å². The van der Waals surface area contributed by atoms with E-state index in [1.807, 2.05) is 6.08 Å². The number of allylic oxidation sites excluding steroid dienone is 3. The molecule has 17 atom stereocenters. The van der Waals surface area contributed by atoms with E-state index in [-0.39, 0.29) is 18.9 Å². The van der Waals surface area contributed by atoms with Gasteiger partial charge in [-0.3, -0.25) is 4.79 Å². The fourth-order valence-corrected chi connectivity index (χ4v) is 10.2. The molecule has 17 unspecified atom stereocenters. The number of carbonyl (C=O) groups excluding carboxylic acids is 1. The van der Waals surface area contributed by atoms with Crippen LogP contribution in [0.1, 0.15) is 206 Å². The lowest BCUT2D eigenvalue weighted by Crippen LogP contribution is -2.66. The quantitative estimate of drug-likeness (QED) is 0.0277. The minimum Gasteiger partial charge on any atom is -0.394 e. The van der Waals surface area contributed by atoms with Crippen LogP contribution in [0.15, 0.2) is 24.3 Å². The maximum absolute atomic E-state index is 13.3. The van der Waals surface area contributed by atoms with E-state index in [0.717, 1.165) is 51.4 Å². The summed E-state index contributed by atoms with van der Waals surface area (Å²) < 4.78 is 34.2. The van der Waals surface area contributed by atoms with E-state index in [1.165, 1.54) is 128 Å². The average Bonchev–Trinajstić information content (AvgIpc) is 3.44. The normalized spacial score (nSPS) is 30.8. The van der Waals surface area contributed by atoms with Crippen molar-refractivity contribution in [2.24, 2.45) is 0 Å². The van der Waals surface area contributed by atoms with Gasteiger partial charge in [0.05, 0.1) is 38.6 Å². The van der Waals surface area contributed by atoms with Gasteiger partial charge in [-0.25, -0.2) is 0 Å². The van der Waals surface area contributed by atoms with Gasteiger partial charge in [-0.1, -0.05) is 179 Å². The first-order valence-electron chi connectivity index (χ1n) is 30.1. The minimum atomic E-state index is -1.98. The Morgan fingerprint density at radius 3 is 1.26 bits per heavy atom. The summed E-state index contributed by atoms with van der Waals surface area (Å²) in [6, 6.07) is -0.970. The van der Waals surface area contributed by atoms with Gasteiger partial charge in [0.1, 0.15) is 73.2 Å². The van der Waals surface area contributed by atoms with Crippen LogP contribution in [-0.2, 0) is 33.2 Å². The first-order chi connectivity index (χ1) is 37.3. The smallest absolute Gasteiger partial charge is 0.220 e. The zero-order chi connectivity index (χ0) is 56.2. The fraction of sp³-hybridized carbons (Fsp3) is 0.914. The van der Waals surface area contributed by atoms with Crippen molar-refractivity contribution < 1.29 is 89.4 Å². The number of hydrogen-bond acceptors (Lipinski definition) is 18. The van der Waals surface area contributed by atoms with Gasteiger partial charge in [-0.2, -0.15) is 0 Å². The van der Waals surface area contributed by atoms with Crippen LogP contribution < -0.4 is 5.32 Å². The summed E-state index contributed by atoms with van der Waals surface area (Å²) in [5, 5.41) is 120. The highest BCUT2D eigenvalue weighted by Gasteiger charge is 2.53. The molecule has 0 aromatic carbocycles. The SMILES string of the molecule is CCCCCCCCCC/C=C\CCCCCCCCCCCC(=O)NC(COC1OC(CO)C(OC2OC(CO)C(OC3OC(CO)C(O)C(O)C3O)C(O)C2O)C(O)C1O)C(O)/C=C/CCCCCCCCCCC. The lowest BCUT2D eigenvalue weighted by atomic mass is 9.96. The highest BCUT2D eigenvalue weighted by Crippen LogP contribution is 2.33. The van der Waals surface area contributed by atoms with E-state index in [9.17, 15) is 61.0 Å². The zero-order valence-corrected chi connectivity index (χ0v) is 46.9. The monoisotopic (exact) mass is 1110 g/mol. The van der Waals surface area contributed by atoms with Gasteiger partial charge < -0.3 is 89.9 Å². The number of hydrogen-bond donors (Lipinski definition) is 12. The lowest BCUT2D eigenvalue weighted by molar-refractivity contribution is -0.379. The molecule has 0 aromatic heterocycles. The first-order valence-corrected chi connectivity index (χ1v) is 30.1. The maximum Gasteiger partial charge on any atom is 0.220 e. The van der Waals surface area contributed by atoms with Crippen molar-refractivity contribution in [2.45, 2.75) is 311 Å². The van der Waals surface area contributed by atoms with Gasteiger partial charge in [0, 0.05) is 6.42 Å². The molecule has 3 fully saturated rings. The number of unbranched alkanes of at least 4 members (excludes halogenated alkanes) is 26. The van der Waals surface area contributed by atoms with Gasteiger partial charge in [0.25, 0.3) is 0 Å². The van der Waals surface area contributed by atoms with E-state index in [0.29, 0.717) is 6.42 Å². The predicted molar refractivity (Wildman–Crippen MR) is 291 cm³/mol. The molecule has 0 saturated carbocycles. The molecule has 3 rings (SSSR count). The highest BCUT2D eigenvalue weighted by atomic mass is 16.8. The topological polar surface area (TPSA) is 307 Å². The van der Waals surface area contributed by atoms with Crippen molar-refractivity contribution >= 4 is 5.91 Å². The Hall–Kier alpha value is -1.73. The van der Waals surface area contributed by atoms with Crippen molar-refractivity contribution in [3.63, 3.8) is 0 Å². The van der Waals surface area contributed by atoms with Gasteiger partial charge >= 0.3 is 0 Å². The predicted octanol–water partition coefficient (Wildman–Crippen LogP) is 5.15. The summed E-state index contributed by atoms with van der Waals surface area (Å²) in [5.41, 5.74) is 0. The van der Waals surface area contributed by atoms with E-state index >= 15 is 0 Å². The third-order valence-electron chi connectivity index (χ3n) is 15.2. The van der Waals surface area contributed by atoms with Crippen LogP contribution >= 0.6 is 0 Å². The fourth-order valence-electron chi connectivity index (χ4n) is 10.2. The Morgan fingerprint density at radius 2 is 0.818 bits per heavy atom. The molecule has 0 radical (unpaired) electrons. The third-order valence-corrected chi connectivity index (χ3v) is 15.2. The van der Waals surface area contributed by atoms with Crippen LogP contribution in [0, 0.1) is 0 Å². The number of amides is 1. The second-order valence-electron chi connectivity index (χ2n) is 21.8. The largest absolute Gasteiger partial charge is 0.394 e. The second kappa shape index (κ2) is 42.1. The highest BCUT2D eigenvalue weighted by molar-refractivity contribution is 5.76. The molecule has 0 aliphatic carbocycles. The third kappa shape index (κ3) is 26.4. The van der Waals surface area contributed by atoms with Crippen LogP contribution in [-0.4, -0.2) is 193 Å². The Kier molecular flexibility index (Phi) is 38.1. The number of aliphatic hydroxyl groups excluding tert-OH is 11. The second-order valence-corrected chi connectivity index (χ2v) is 21.8. The molecule has 3 heterocycles. The number of rotatable bonds is 44. The summed E-state index contributed by atoms with van der Waals surface area (Å²) in [5.74, 6) is -0.279. The Balaban J connectivity index is 1.47. The van der Waals surface area contributed by atoms with Crippen molar-refractivity contribution in [3.05, 3.63) is 24.3 Å². The minimum absolute atomic E-state index is 0.242. The Morgan fingerprint density at radius 1 is 0.455 bits per heavy atom. The molecule has 0 spiro atoms. The summed E-state index contributed by atoms with van der Waals surface area (Å²) in [7, 11) is 0. The molecule has 452 valence electrons. The summed E-state index contributed by atoms with van der Waals surface area (Å²) in [6.07, 6.45) is 16.0. The zero-order valence-electron chi connectivity index (χ0n) is 46.9. The van der Waals surface area contributed by atoms with E-state index in [1.54, 1.807) is 6.08 Å². The summed E-state index contributed by atoms with van der Waals surface area (Å²) in [4.78, 5) is 13.3. The van der Waals surface area contributed by atoms with E-state index in [4.69, 9.17) is 28.4 Å². The molecule has 77 heavy (non-hydrogen) atoms. The molecule has 12 N–H and O–H groups in total. The van der Waals surface area contributed by atoms with Gasteiger partial charge in [-0.05, 0) is 44.9 Å². The van der Waals surface area contributed by atoms with Gasteiger partial charge in [0.2, 0.25) is 5.91 Å². The number of aliphatic hydroxyl groups is 11. The van der Waals surface area contributed by atoms with E-state index in [2.05, 4.69) is 31.3 Å². The number of carbonyl (C=O) groups is 1.